The molecule has 0 atom stereocenters. The van der Waals surface area contributed by atoms with Crippen molar-refractivity contribution in [3.05, 3.63) is 28.6 Å². The van der Waals surface area contributed by atoms with Crippen molar-refractivity contribution in [2.45, 2.75) is 25.7 Å². The van der Waals surface area contributed by atoms with Crippen LogP contribution in [-0.4, -0.2) is 6.26 Å². The molecule has 12 heavy (non-hydrogen) atoms. The van der Waals surface area contributed by atoms with E-state index in [-0.39, 0.29) is 5.82 Å². The number of rotatable bonds is 1. The Labute approximate surface area is 77.2 Å². The van der Waals surface area contributed by atoms with Crippen LogP contribution in [0.2, 0.25) is 0 Å². The molecule has 0 aliphatic carbocycles. The molecule has 0 aliphatic rings. The summed E-state index contributed by atoms with van der Waals surface area (Å²) in [6, 6.07) is 1.61. The third-order valence-corrected chi connectivity index (χ3v) is 3.17. The van der Waals surface area contributed by atoms with Crippen LogP contribution in [0.15, 0.2) is 11.0 Å². The van der Waals surface area contributed by atoms with Crippen molar-refractivity contribution >= 4 is 11.8 Å². The molecule has 0 unspecified atom stereocenters. The molecule has 2 heteroatoms. The lowest BCUT2D eigenvalue weighted by atomic mass is 10.0. The van der Waals surface area contributed by atoms with Gasteiger partial charge in [-0.25, -0.2) is 4.39 Å². The van der Waals surface area contributed by atoms with Crippen molar-refractivity contribution in [3.63, 3.8) is 0 Å². The molecule has 1 rings (SSSR count). The summed E-state index contributed by atoms with van der Waals surface area (Å²) < 4.78 is 13.3. The number of halogens is 1. The maximum Gasteiger partial charge on any atom is 0.137 e. The molecule has 0 aromatic heterocycles. The molecule has 1 aromatic carbocycles. The van der Waals surface area contributed by atoms with E-state index in [1.165, 1.54) is 17.3 Å². The zero-order chi connectivity index (χ0) is 9.30. The van der Waals surface area contributed by atoms with Crippen LogP contribution in [0.25, 0.3) is 0 Å². The van der Waals surface area contributed by atoms with Crippen LogP contribution in [0.5, 0.6) is 0 Å². The molecule has 0 radical (unpaired) electrons. The second-order valence-corrected chi connectivity index (χ2v) is 3.78. The van der Waals surface area contributed by atoms with Gasteiger partial charge in [-0.05, 0) is 49.8 Å². The Morgan fingerprint density at radius 3 is 2.25 bits per heavy atom. The third kappa shape index (κ3) is 1.48. The maximum absolute atomic E-state index is 13.3. The van der Waals surface area contributed by atoms with Gasteiger partial charge in [0.05, 0.1) is 0 Å². The van der Waals surface area contributed by atoms with E-state index >= 15 is 0 Å². The van der Waals surface area contributed by atoms with Crippen LogP contribution in [0, 0.1) is 26.6 Å². The number of hydrogen-bond acceptors (Lipinski definition) is 1. The summed E-state index contributed by atoms with van der Waals surface area (Å²) in [5, 5.41) is 0. The summed E-state index contributed by atoms with van der Waals surface area (Å²) in [4.78, 5) is 0.776. The lowest BCUT2D eigenvalue weighted by molar-refractivity contribution is 0.597. The van der Waals surface area contributed by atoms with Crippen molar-refractivity contribution in [1.29, 1.82) is 0 Å². The quantitative estimate of drug-likeness (QED) is 0.602. The number of benzene rings is 1. The standard InChI is InChI=1S/C10H13FS/c1-6-5-9(11)10(12-4)8(3)7(6)2/h5H,1-4H3. The first kappa shape index (κ1) is 9.59. The predicted octanol–water partition coefficient (Wildman–Crippen LogP) is 3.47. The smallest absolute Gasteiger partial charge is 0.137 e. The molecule has 0 nitrogen and oxygen atoms in total. The summed E-state index contributed by atoms with van der Waals surface area (Å²) in [5.41, 5.74) is 3.29. The second-order valence-electron chi connectivity index (χ2n) is 2.96. The summed E-state index contributed by atoms with van der Waals surface area (Å²) in [6.07, 6.45) is 1.90. The van der Waals surface area contributed by atoms with E-state index < -0.39 is 0 Å². The Balaban J connectivity index is 3.40. The molecule has 0 N–H and O–H groups in total. The minimum Gasteiger partial charge on any atom is -0.206 e. The van der Waals surface area contributed by atoms with E-state index in [9.17, 15) is 4.39 Å². The first-order valence-corrected chi connectivity index (χ1v) is 5.10. The number of hydrogen-bond donors (Lipinski definition) is 0. The highest BCUT2D eigenvalue weighted by Gasteiger charge is 2.08. The van der Waals surface area contributed by atoms with Gasteiger partial charge >= 0.3 is 0 Å². The van der Waals surface area contributed by atoms with Crippen LogP contribution in [-0.2, 0) is 0 Å². The average Bonchev–Trinajstić information content (AvgIpc) is 2.01. The summed E-state index contributed by atoms with van der Waals surface area (Å²) in [5.74, 6) is -0.0944. The van der Waals surface area contributed by atoms with E-state index in [0.29, 0.717) is 0 Å². The zero-order valence-corrected chi connectivity index (χ0v) is 8.68. The van der Waals surface area contributed by atoms with Gasteiger partial charge in [0.2, 0.25) is 0 Å². The maximum atomic E-state index is 13.3. The first-order chi connectivity index (χ1) is 5.57. The highest BCUT2D eigenvalue weighted by Crippen LogP contribution is 2.27. The highest BCUT2D eigenvalue weighted by molar-refractivity contribution is 7.98. The van der Waals surface area contributed by atoms with Gasteiger partial charge in [-0.2, -0.15) is 0 Å². The van der Waals surface area contributed by atoms with Crippen LogP contribution < -0.4 is 0 Å². The van der Waals surface area contributed by atoms with Crippen molar-refractivity contribution in [3.8, 4) is 0 Å². The molecule has 0 amide bonds. The van der Waals surface area contributed by atoms with E-state index in [0.717, 1.165) is 16.0 Å². The number of thioether (sulfide) groups is 1. The van der Waals surface area contributed by atoms with Gasteiger partial charge in [0.15, 0.2) is 0 Å². The molecule has 0 saturated carbocycles. The van der Waals surface area contributed by atoms with E-state index in [2.05, 4.69) is 0 Å². The molecule has 0 heterocycles. The van der Waals surface area contributed by atoms with E-state index in [4.69, 9.17) is 0 Å². The lowest BCUT2D eigenvalue weighted by Crippen LogP contribution is -1.93. The topological polar surface area (TPSA) is 0 Å². The fraction of sp³-hybridized carbons (Fsp3) is 0.400. The minimum atomic E-state index is -0.0944. The molecule has 0 bridgehead atoms. The molecule has 0 spiro atoms. The van der Waals surface area contributed by atoms with Crippen LogP contribution in [0.3, 0.4) is 0 Å². The van der Waals surface area contributed by atoms with E-state index in [1.54, 1.807) is 6.07 Å². The van der Waals surface area contributed by atoms with Gasteiger partial charge in [-0.1, -0.05) is 0 Å². The largest absolute Gasteiger partial charge is 0.206 e. The van der Waals surface area contributed by atoms with Crippen molar-refractivity contribution < 1.29 is 4.39 Å². The summed E-state index contributed by atoms with van der Waals surface area (Å²) >= 11 is 1.47. The van der Waals surface area contributed by atoms with E-state index in [1.807, 2.05) is 27.0 Å². The average molecular weight is 184 g/mol. The molecule has 66 valence electrons. The SMILES string of the molecule is CSc1c(F)cc(C)c(C)c1C. The fourth-order valence-corrected chi connectivity index (χ4v) is 1.97. The highest BCUT2D eigenvalue weighted by atomic mass is 32.2. The van der Waals surface area contributed by atoms with Gasteiger partial charge < -0.3 is 0 Å². The van der Waals surface area contributed by atoms with Crippen molar-refractivity contribution in [1.82, 2.24) is 0 Å². The molecular formula is C10H13FS. The van der Waals surface area contributed by atoms with Gasteiger partial charge in [0.25, 0.3) is 0 Å². The second kappa shape index (κ2) is 3.48. The Kier molecular flexibility index (Phi) is 2.78. The predicted molar refractivity (Wildman–Crippen MR) is 52.4 cm³/mol. The fourth-order valence-electron chi connectivity index (χ4n) is 1.26. The molecule has 1 aromatic rings. The lowest BCUT2D eigenvalue weighted by Gasteiger charge is -2.09. The van der Waals surface area contributed by atoms with Gasteiger partial charge in [-0.15, -0.1) is 11.8 Å². The first-order valence-electron chi connectivity index (χ1n) is 3.88. The summed E-state index contributed by atoms with van der Waals surface area (Å²) in [6.45, 7) is 5.94. The van der Waals surface area contributed by atoms with Crippen molar-refractivity contribution in [2.75, 3.05) is 6.26 Å². The molecule has 0 aliphatic heterocycles. The normalized spacial score (nSPS) is 10.4. The zero-order valence-electron chi connectivity index (χ0n) is 7.86. The van der Waals surface area contributed by atoms with Crippen molar-refractivity contribution in [2.24, 2.45) is 0 Å². The van der Waals surface area contributed by atoms with Crippen LogP contribution in [0.1, 0.15) is 16.7 Å². The third-order valence-electron chi connectivity index (χ3n) is 2.26. The minimum absolute atomic E-state index is 0.0944. The summed E-state index contributed by atoms with van der Waals surface area (Å²) in [7, 11) is 0. The Morgan fingerprint density at radius 2 is 1.75 bits per heavy atom. The van der Waals surface area contributed by atoms with Crippen LogP contribution in [0.4, 0.5) is 4.39 Å². The Bertz CT molecular complexity index is 305. The molecular weight excluding hydrogens is 171 g/mol. The number of aryl methyl sites for hydroxylation is 1. The van der Waals surface area contributed by atoms with Gasteiger partial charge in [0, 0.05) is 4.90 Å². The van der Waals surface area contributed by atoms with Gasteiger partial charge in [0.1, 0.15) is 5.82 Å². The Morgan fingerprint density at radius 1 is 1.17 bits per heavy atom. The molecule has 0 fully saturated rings. The molecule has 0 saturated heterocycles. The van der Waals surface area contributed by atoms with Gasteiger partial charge in [-0.3, -0.25) is 0 Å². The monoisotopic (exact) mass is 184 g/mol. The van der Waals surface area contributed by atoms with Crippen LogP contribution >= 0.6 is 11.8 Å². The Hall–Kier alpha value is -0.500.